The molecular weight excluding hydrogens is 468 g/mol. The quantitative estimate of drug-likeness (QED) is 0.538. The van der Waals surface area contributed by atoms with Crippen molar-refractivity contribution in [1.29, 1.82) is 0 Å². The fourth-order valence-electron chi connectivity index (χ4n) is 4.85. The summed E-state index contributed by atoms with van der Waals surface area (Å²) in [4.78, 5) is 20.2. The molecule has 0 atom stereocenters. The van der Waals surface area contributed by atoms with Gasteiger partial charge in [0.15, 0.2) is 0 Å². The Kier molecular flexibility index (Phi) is 6.31. The number of pyridine rings is 1. The van der Waals surface area contributed by atoms with E-state index in [2.05, 4.69) is 20.5 Å². The predicted octanol–water partition coefficient (Wildman–Crippen LogP) is 4.01. The summed E-state index contributed by atoms with van der Waals surface area (Å²) in [6, 6.07) is 4.76. The van der Waals surface area contributed by atoms with E-state index in [1.165, 1.54) is 23.1 Å². The maximum absolute atomic E-state index is 15.1. The standard InChI is InChI=1S/C25H29F2N7O2/c1-25(2,3)36-24(35)32-7-4-16(5-8-32)18-11-20(26)22(28-13-18)14-33-9-6-17-10-19(12-21(27)23(17)33)34-15-29-30-31-34/h10-13,15-16H,4-9,14H2,1-3H3. The van der Waals surface area contributed by atoms with Gasteiger partial charge in [0.2, 0.25) is 0 Å². The smallest absolute Gasteiger partial charge is 0.410 e. The molecule has 190 valence electrons. The molecule has 0 bridgehead atoms. The average molecular weight is 498 g/mol. The van der Waals surface area contributed by atoms with E-state index in [4.69, 9.17) is 4.74 Å². The van der Waals surface area contributed by atoms with E-state index in [0.717, 1.165) is 11.1 Å². The van der Waals surface area contributed by atoms with E-state index in [1.54, 1.807) is 11.1 Å². The molecule has 5 rings (SSSR count). The molecule has 2 aromatic heterocycles. The number of anilines is 1. The van der Waals surface area contributed by atoms with Crippen LogP contribution in [0, 0.1) is 11.6 Å². The lowest BCUT2D eigenvalue weighted by molar-refractivity contribution is 0.0204. The molecule has 0 spiro atoms. The van der Waals surface area contributed by atoms with Crippen LogP contribution in [0.4, 0.5) is 19.3 Å². The van der Waals surface area contributed by atoms with Crippen LogP contribution in [0.15, 0.2) is 30.7 Å². The number of ether oxygens (including phenoxy) is 1. The zero-order valence-corrected chi connectivity index (χ0v) is 20.6. The van der Waals surface area contributed by atoms with Crippen molar-refractivity contribution >= 4 is 11.8 Å². The molecule has 1 saturated heterocycles. The number of carbonyl (C=O) groups excluding carboxylic acids is 1. The first-order valence-electron chi connectivity index (χ1n) is 12.1. The maximum Gasteiger partial charge on any atom is 0.410 e. The van der Waals surface area contributed by atoms with Gasteiger partial charge in [-0.05, 0) is 79.6 Å². The maximum atomic E-state index is 15.1. The summed E-state index contributed by atoms with van der Waals surface area (Å²) in [6.07, 6.45) is 4.88. The first kappa shape index (κ1) is 24.1. The van der Waals surface area contributed by atoms with E-state index in [9.17, 15) is 4.79 Å². The van der Waals surface area contributed by atoms with Crippen molar-refractivity contribution in [2.24, 2.45) is 0 Å². The summed E-state index contributed by atoms with van der Waals surface area (Å²) in [6.45, 7) is 7.39. The zero-order chi connectivity index (χ0) is 25.4. The first-order valence-corrected chi connectivity index (χ1v) is 12.1. The van der Waals surface area contributed by atoms with Gasteiger partial charge in [-0.2, -0.15) is 0 Å². The lowest BCUT2D eigenvalue weighted by Crippen LogP contribution is -2.41. The van der Waals surface area contributed by atoms with Gasteiger partial charge in [0.05, 0.1) is 23.6 Å². The highest BCUT2D eigenvalue weighted by Gasteiger charge is 2.29. The van der Waals surface area contributed by atoms with E-state index in [0.29, 0.717) is 50.3 Å². The second kappa shape index (κ2) is 9.44. The van der Waals surface area contributed by atoms with Gasteiger partial charge in [0.25, 0.3) is 0 Å². The van der Waals surface area contributed by atoms with Gasteiger partial charge in [0, 0.05) is 31.9 Å². The first-order chi connectivity index (χ1) is 17.2. The Balaban J connectivity index is 1.24. The summed E-state index contributed by atoms with van der Waals surface area (Å²) < 4.78 is 36.9. The van der Waals surface area contributed by atoms with Crippen molar-refractivity contribution in [1.82, 2.24) is 30.1 Å². The van der Waals surface area contributed by atoms with E-state index in [-0.39, 0.29) is 24.2 Å². The number of likely N-dealkylation sites (tertiary alicyclic amines) is 1. The average Bonchev–Trinajstić information content (AvgIpc) is 3.50. The van der Waals surface area contributed by atoms with Gasteiger partial charge in [-0.3, -0.25) is 4.98 Å². The number of tetrazole rings is 1. The molecule has 36 heavy (non-hydrogen) atoms. The number of hydrogen-bond donors (Lipinski definition) is 0. The van der Waals surface area contributed by atoms with E-state index < -0.39 is 17.2 Å². The van der Waals surface area contributed by atoms with Gasteiger partial charge < -0.3 is 14.5 Å². The number of piperidine rings is 1. The minimum atomic E-state index is -0.535. The topological polar surface area (TPSA) is 89.3 Å². The number of carbonyl (C=O) groups is 1. The van der Waals surface area contributed by atoms with Gasteiger partial charge in [-0.1, -0.05) is 0 Å². The Hall–Kier alpha value is -3.63. The Morgan fingerprint density at radius 2 is 1.89 bits per heavy atom. The lowest BCUT2D eigenvalue weighted by atomic mass is 9.90. The lowest BCUT2D eigenvalue weighted by Gasteiger charge is -2.33. The number of rotatable bonds is 4. The van der Waals surface area contributed by atoms with E-state index in [1.807, 2.05) is 31.7 Å². The number of halogens is 2. The van der Waals surface area contributed by atoms with Crippen LogP contribution in [0.2, 0.25) is 0 Å². The molecule has 0 unspecified atom stereocenters. The molecule has 1 amide bonds. The van der Waals surface area contributed by atoms with Crippen molar-refractivity contribution in [2.45, 2.75) is 58.1 Å². The highest BCUT2D eigenvalue weighted by molar-refractivity contribution is 5.68. The number of aromatic nitrogens is 5. The van der Waals surface area contributed by atoms with Crippen LogP contribution in [0.25, 0.3) is 5.69 Å². The van der Waals surface area contributed by atoms with Gasteiger partial charge in [0.1, 0.15) is 23.6 Å². The van der Waals surface area contributed by atoms with E-state index >= 15 is 8.78 Å². The second-order valence-corrected chi connectivity index (χ2v) is 10.3. The fourth-order valence-corrected chi connectivity index (χ4v) is 4.85. The van der Waals surface area contributed by atoms with Crippen LogP contribution in [0.1, 0.15) is 56.4 Å². The van der Waals surface area contributed by atoms with Crippen molar-refractivity contribution in [3.05, 3.63) is 59.2 Å². The molecule has 9 nitrogen and oxygen atoms in total. The predicted molar refractivity (Wildman–Crippen MR) is 128 cm³/mol. The second-order valence-electron chi connectivity index (χ2n) is 10.3. The number of hydrogen-bond acceptors (Lipinski definition) is 7. The summed E-state index contributed by atoms with van der Waals surface area (Å²) in [5.74, 6) is -0.681. The summed E-state index contributed by atoms with van der Waals surface area (Å²) in [5.41, 5.74) is 2.40. The Bertz CT molecular complexity index is 1250. The van der Waals surface area contributed by atoms with Crippen LogP contribution in [-0.4, -0.2) is 61.4 Å². The minimum Gasteiger partial charge on any atom is -0.444 e. The number of nitrogens with zero attached hydrogens (tertiary/aromatic N) is 7. The monoisotopic (exact) mass is 497 g/mol. The molecular formula is C25H29F2N7O2. The van der Waals surface area contributed by atoms with Gasteiger partial charge in [-0.15, -0.1) is 5.10 Å². The number of benzene rings is 1. The highest BCUT2D eigenvalue weighted by atomic mass is 19.1. The molecule has 4 heterocycles. The molecule has 0 N–H and O–H groups in total. The SMILES string of the molecule is CC(C)(C)OC(=O)N1CCC(c2cnc(CN3CCc4cc(-n5cnnn5)cc(F)c43)c(F)c2)CC1. The Morgan fingerprint density at radius 3 is 2.56 bits per heavy atom. The van der Waals surface area contributed by atoms with Crippen LogP contribution in [-0.2, 0) is 17.7 Å². The fraction of sp³-hybridized carbons (Fsp3) is 0.480. The van der Waals surface area contributed by atoms with Crippen molar-refractivity contribution in [3.63, 3.8) is 0 Å². The molecule has 0 aliphatic carbocycles. The normalized spacial score (nSPS) is 16.4. The van der Waals surface area contributed by atoms with Crippen LogP contribution >= 0.6 is 0 Å². The molecule has 0 radical (unpaired) electrons. The Morgan fingerprint density at radius 1 is 1.11 bits per heavy atom. The van der Waals surface area contributed by atoms with Crippen molar-refractivity contribution in [3.8, 4) is 5.69 Å². The summed E-state index contributed by atoms with van der Waals surface area (Å²) in [5, 5.41) is 11.0. The van der Waals surface area contributed by atoms with Gasteiger partial charge >= 0.3 is 6.09 Å². The summed E-state index contributed by atoms with van der Waals surface area (Å²) >= 11 is 0. The Labute approximate surface area is 208 Å². The molecule has 1 aromatic carbocycles. The zero-order valence-electron chi connectivity index (χ0n) is 20.6. The third-order valence-electron chi connectivity index (χ3n) is 6.61. The molecule has 2 aliphatic heterocycles. The van der Waals surface area contributed by atoms with Crippen LogP contribution < -0.4 is 4.90 Å². The van der Waals surface area contributed by atoms with Crippen LogP contribution in [0.3, 0.4) is 0 Å². The van der Waals surface area contributed by atoms with Crippen molar-refractivity contribution in [2.75, 3.05) is 24.5 Å². The molecule has 2 aliphatic rings. The highest BCUT2D eigenvalue weighted by Crippen LogP contribution is 2.35. The third kappa shape index (κ3) is 5.00. The third-order valence-corrected chi connectivity index (χ3v) is 6.61. The molecule has 0 saturated carbocycles. The summed E-state index contributed by atoms with van der Waals surface area (Å²) in [7, 11) is 0. The molecule has 11 heteroatoms. The van der Waals surface area contributed by atoms with Gasteiger partial charge in [-0.25, -0.2) is 18.3 Å². The number of amides is 1. The molecule has 1 fully saturated rings. The number of fused-ring (bicyclic) bond motifs is 1. The van der Waals surface area contributed by atoms with Crippen molar-refractivity contribution < 1.29 is 18.3 Å². The molecule has 3 aromatic rings. The largest absolute Gasteiger partial charge is 0.444 e. The minimum absolute atomic E-state index is 0.120. The van der Waals surface area contributed by atoms with Crippen LogP contribution in [0.5, 0.6) is 0 Å².